The smallest absolute Gasteiger partial charge is 0.271 e. The summed E-state index contributed by atoms with van der Waals surface area (Å²) in [6.45, 7) is 0. The van der Waals surface area contributed by atoms with Crippen LogP contribution in [0.15, 0.2) is 53.6 Å². The lowest BCUT2D eigenvalue weighted by Gasteiger charge is -2.00. The molecule has 0 fully saturated rings. The van der Waals surface area contributed by atoms with Crippen molar-refractivity contribution >= 4 is 12.1 Å². The van der Waals surface area contributed by atoms with Crippen LogP contribution in [0.4, 0.5) is 0 Å². The van der Waals surface area contributed by atoms with Crippen molar-refractivity contribution in [2.45, 2.75) is 0 Å². The highest BCUT2D eigenvalue weighted by Gasteiger charge is 2.02. The molecule has 2 aromatic carbocycles. The third-order valence-corrected chi connectivity index (χ3v) is 2.77. The third kappa shape index (κ3) is 5.51. The Morgan fingerprint density at radius 1 is 1.00 bits per heavy atom. The molecule has 0 unspecified atom stereocenters. The lowest BCUT2D eigenvalue weighted by Crippen LogP contribution is -2.17. The Kier molecular flexibility index (Phi) is 7.37. The summed E-state index contributed by atoms with van der Waals surface area (Å²) in [6, 6.07) is 14.0. The van der Waals surface area contributed by atoms with Crippen molar-refractivity contribution in [2.75, 3.05) is 7.11 Å². The van der Waals surface area contributed by atoms with Crippen LogP contribution in [0, 0.1) is 24.7 Å². The lowest BCUT2D eigenvalue weighted by atomic mass is 10.1. The minimum Gasteiger partial charge on any atom is -0.400 e. The zero-order chi connectivity index (χ0) is 17.1. The van der Waals surface area contributed by atoms with Gasteiger partial charge in [-0.05, 0) is 42.0 Å². The van der Waals surface area contributed by atoms with Crippen molar-refractivity contribution in [3.63, 3.8) is 0 Å². The first kappa shape index (κ1) is 17.7. The van der Waals surface area contributed by atoms with Crippen LogP contribution in [0.5, 0.6) is 0 Å². The van der Waals surface area contributed by atoms with Gasteiger partial charge < -0.3 is 5.11 Å². The topological polar surface area (TPSA) is 61.7 Å². The third-order valence-electron chi connectivity index (χ3n) is 2.77. The Hall–Kier alpha value is -3.34. The zero-order valence-electron chi connectivity index (χ0n) is 12.7. The summed E-state index contributed by atoms with van der Waals surface area (Å²) in [4.78, 5) is 11.8. The average molecular weight is 304 g/mol. The monoisotopic (exact) mass is 304 g/mol. The number of terminal acetylenes is 2. The highest BCUT2D eigenvalue weighted by atomic mass is 16.2. The van der Waals surface area contributed by atoms with E-state index < -0.39 is 0 Å². The molecule has 4 nitrogen and oxygen atoms in total. The van der Waals surface area contributed by atoms with Gasteiger partial charge in [0, 0.05) is 23.8 Å². The predicted molar refractivity (Wildman–Crippen MR) is 92.0 cm³/mol. The highest BCUT2D eigenvalue weighted by Crippen LogP contribution is 2.03. The zero-order valence-corrected chi connectivity index (χ0v) is 12.7. The molecule has 2 aromatic rings. The molecule has 2 N–H and O–H groups in total. The highest BCUT2D eigenvalue weighted by molar-refractivity contribution is 5.95. The van der Waals surface area contributed by atoms with Crippen LogP contribution in [0.25, 0.3) is 0 Å². The molecule has 0 saturated carbocycles. The van der Waals surface area contributed by atoms with Crippen LogP contribution in [-0.2, 0) is 0 Å². The van der Waals surface area contributed by atoms with Gasteiger partial charge in [0.2, 0.25) is 0 Å². The number of aliphatic hydroxyl groups excluding tert-OH is 1. The van der Waals surface area contributed by atoms with E-state index >= 15 is 0 Å². The summed E-state index contributed by atoms with van der Waals surface area (Å²) in [5.74, 6) is 4.73. The molecule has 0 aromatic heterocycles. The molecular weight excluding hydrogens is 288 g/mol. The number of benzene rings is 2. The van der Waals surface area contributed by atoms with Gasteiger partial charge in [0.1, 0.15) is 0 Å². The predicted octanol–water partition coefficient (Wildman–Crippen LogP) is 2.02. The van der Waals surface area contributed by atoms with Gasteiger partial charge in [-0.2, -0.15) is 5.10 Å². The maximum absolute atomic E-state index is 11.8. The number of hydrazone groups is 1. The molecule has 4 heteroatoms. The fourth-order valence-corrected chi connectivity index (χ4v) is 1.61. The van der Waals surface area contributed by atoms with Crippen LogP contribution >= 0.6 is 0 Å². The molecule has 23 heavy (non-hydrogen) atoms. The van der Waals surface area contributed by atoms with Gasteiger partial charge in [0.15, 0.2) is 0 Å². The largest absolute Gasteiger partial charge is 0.400 e. The first-order valence-electron chi connectivity index (χ1n) is 6.64. The molecule has 0 atom stereocenters. The molecule has 2 rings (SSSR count). The quantitative estimate of drug-likeness (QED) is 0.518. The number of nitrogens with zero attached hydrogens (tertiary/aromatic N) is 1. The number of carbonyl (C=O) groups excluding carboxylic acids is 1. The minimum absolute atomic E-state index is 0.296. The van der Waals surface area contributed by atoms with Gasteiger partial charge in [-0.15, -0.1) is 12.8 Å². The molecule has 0 aliphatic heterocycles. The van der Waals surface area contributed by atoms with Crippen molar-refractivity contribution < 1.29 is 9.90 Å². The van der Waals surface area contributed by atoms with Crippen LogP contribution in [0.3, 0.4) is 0 Å². The second kappa shape index (κ2) is 9.57. The maximum Gasteiger partial charge on any atom is 0.271 e. The second-order valence-corrected chi connectivity index (χ2v) is 4.19. The number of rotatable bonds is 3. The normalized spacial score (nSPS) is 9.22. The van der Waals surface area contributed by atoms with Gasteiger partial charge in [-0.3, -0.25) is 4.79 Å². The SMILES string of the molecule is C#Cc1ccc(/C=N/NC(=O)c2ccc(C#C)cc2)cc1.CO. The molecule has 0 aliphatic carbocycles. The first-order valence-corrected chi connectivity index (χ1v) is 6.64. The van der Waals surface area contributed by atoms with Crippen LogP contribution in [-0.4, -0.2) is 24.3 Å². The number of carbonyl (C=O) groups is 1. The Balaban J connectivity index is 0.00000127. The van der Waals surface area contributed by atoms with E-state index in [1.807, 2.05) is 24.3 Å². The van der Waals surface area contributed by atoms with Crippen molar-refractivity contribution in [1.82, 2.24) is 5.43 Å². The Morgan fingerprint density at radius 3 is 1.96 bits per heavy atom. The molecule has 114 valence electrons. The number of hydrogen-bond donors (Lipinski definition) is 2. The van der Waals surface area contributed by atoms with Gasteiger partial charge >= 0.3 is 0 Å². The van der Waals surface area contributed by atoms with Crippen molar-refractivity contribution in [1.29, 1.82) is 0 Å². The van der Waals surface area contributed by atoms with Crippen molar-refractivity contribution in [2.24, 2.45) is 5.10 Å². The number of aliphatic hydroxyl groups is 1. The molecular formula is C19H16N2O2. The van der Waals surface area contributed by atoms with E-state index in [1.54, 1.807) is 30.5 Å². The summed E-state index contributed by atoms with van der Waals surface area (Å²) in [7, 11) is 1.00. The summed E-state index contributed by atoms with van der Waals surface area (Å²) in [6.07, 6.45) is 12.1. The van der Waals surface area contributed by atoms with Crippen LogP contribution in [0.2, 0.25) is 0 Å². The van der Waals surface area contributed by atoms with E-state index in [0.29, 0.717) is 5.56 Å². The standard InChI is InChI=1S/C18H12N2O.CH4O/c1-3-14-5-7-16(8-6-14)13-19-20-18(21)17-11-9-15(4-2)10-12-17;1-2/h1-2,5-13H,(H,20,21);2H,1H3/b19-13+;. The van der Waals surface area contributed by atoms with Gasteiger partial charge in [0.05, 0.1) is 6.21 Å². The molecule has 0 spiro atoms. The van der Waals surface area contributed by atoms with E-state index in [1.165, 1.54) is 0 Å². The van der Waals surface area contributed by atoms with Gasteiger partial charge in [-0.1, -0.05) is 24.0 Å². The fraction of sp³-hybridized carbons (Fsp3) is 0.0526. The summed E-state index contributed by atoms with van der Waals surface area (Å²) < 4.78 is 0. The fourth-order valence-electron chi connectivity index (χ4n) is 1.61. The Labute approximate surface area is 135 Å². The summed E-state index contributed by atoms with van der Waals surface area (Å²) >= 11 is 0. The first-order chi connectivity index (χ1) is 11.2. The lowest BCUT2D eigenvalue weighted by molar-refractivity contribution is 0.0955. The second-order valence-electron chi connectivity index (χ2n) is 4.19. The maximum atomic E-state index is 11.8. The summed E-state index contributed by atoms with van der Waals surface area (Å²) in [5.41, 5.74) is 5.31. The molecule has 0 heterocycles. The number of nitrogens with one attached hydrogen (secondary N) is 1. The number of hydrogen-bond acceptors (Lipinski definition) is 3. The van der Waals surface area contributed by atoms with Gasteiger partial charge in [-0.25, -0.2) is 5.43 Å². The molecule has 0 saturated heterocycles. The molecule has 1 amide bonds. The van der Waals surface area contributed by atoms with E-state index in [0.717, 1.165) is 23.8 Å². The van der Waals surface area contributed by atoms with Crippen LogP contribution in [0.1, 0.15) is 27.0 Å². The van der Waals surface area contributed by atoms with Gasteiger partial charge in [0.25, 0.3) is 5.91 Å². The molecule has 0 radical (unpaired) electrons. The molecule has 0 bridgehead atoms. The summed E-state index contributed by atoms with van der Waals surface area (Å²) in [5, 5.41) is 10.9. The average Bonchev–Trinajstić information content (AvgIpc) is 2.64. The Bertz CT molecular complexity index is 746. The minimum atomic E-state index is -0.296. The van der Waals surface area contributed by atoms with Crippen molar-refractivity contribution in [3.05, 3.63) is 70.8 Å². The Morgan fingerprint density at radius 2 is 1.48 bits per heavy atom. The molecule has 0 aliphatic rings. The number of amides is 1. The van der Waals surface area contributed by atoms with Crippen molar-refractivity contribution in [3.8, 4) is 24.7 Å². The van der Waals surface area contributed by atoms with Crippen LogP contribution < -0.4 is 5.43 Å². The van der Waals surface area contributed by atoms with E-state index in [-0.39, 0.29) is 5.91 Å². The van der Waals surface area contributed by atoms with E-state index in [4.69, 9.17) is 18.0 Å². The van der Waals surface area contributed by atoms with E-state index in [2.05, 4.69) is 22.4 Å². The van der Waals surface area contributed by atoms with E-state index in [9.17, 15) is 4.79 Å².